The van der Waals surface area contributed by atoms with E-state index in [4.69, 9.17) is 9.47 Å². The summed E-state index contributed by atoms with van der Waals surface area (Å²) in [5.74, 6) is 1.89. The van der Waals surface area contributed by atoms with Crippen molar-refractivity contribution in [2.75, 3.05) is 50.1 Å². The number of hydrogen-bond donors (Lipinski definition) is 0. The molecular weight excluding hydrogens is 428 g/mol. The van der Waals surface area contributed by atoms with Crippen LogP contribution < -0.4 is 9.64 Å². The molecule has 0 saturated carbocycles. The second kappa shape index (κ2) is 12.9. The van der Waals surface area contributed by atoms with Gasteiger partial charge in [0.1, 0.15) is 12.4 Å². The lowest BCUT2D eigenvalue weighted by Gasteiger charge is -2.43. The molecule has 1 heterocycles. The van der Waals surface area contributed by atoms with E-state index < -0.39 is 0 Å². The van der Waals surface area contributed by atoms with Crippen LogP contribution in [0, 0.1) is 0 Å². The first-order chi connectivity index (χ1) is 16.1. The van der Waals surface area contributed by atoms with E-state index in [1.165, 1.54) is 16.1 Å². The summed E-state index contributed by atoms with van der Waals surface area (Å²) < 4.78 is 11.8. The van der Waals surface area contributed by atoms with Gasteiger partial charge >= 0.3 is 0 Å². The minimum Gasteiger partial charge on any atom is -0.490 e. The molecule has 4 nitrogen and oxygen atoms in total. The van der Waals surface area contributed by atoms with Crippen molar-refractivity contribution in [2.24, 2.45) is 0 Å². The van der Waals surface area contributed by atoms with Crippen LogP contribution in [0.25, 0.3) is 0 Å². The summed E-state index contributed by atoms with van der Waals surface area (Å²) in [4.78, 5) is 6.44. The quantitative estimate of drug-likeness (QED) is 0.327. The summed E-state index contributed by atoms with van der Waals surface area (Å²) in [6.07, 6.45) is 1.77. The molecule has 2 aromatic carbocycles. The van der Waals surface area contributed by atoms with E-state index in [2.05, 4.69) is 85.3 Å². The molecular formula is C28H38N2O2S. The van der Waals surface area contributed by atoms with Gasteiger partial charge in [0.05, 0.1) is 31.0 Å². The molecule has 0 spiro atoms. The number of ether oxygens (including phenoxy) is 2. The lowest BCUT2D eigenvalue weighted by molar-refractivity contribution is 0.0772. The molecule has 2 atom stereocenters. The highest BCUT2D eigenvalue weighted by atomic mass is 32.2. The van der Waals surface area contributed by atoms with Crippen molar-refractivity contribution in [3.8, 4) is 5.75 Å². The van der Waals surface area contributed by atoms with Gasteiger partial charge in [-0.1, -0.05) is 62.9 Å². The Labute approximate surface area is 204 Å². The highest BCUT2D eigenvalue weighted by Gasteiger charge is 2.31. The van der Waals surface area contributed by atoms with E-state index >= 15 is 0 Å². The van der Waals surface area contributed by atoms with Gasteiger partial charge in [-0.25, -0.2) is 0 Å². The van der Waals surface area contributed by atoms with Crippen molar-refractivity contribution in [1.29, 1.82) is 0 Å². The zero-order chi connectivity index (χ0) is 23.6. The molecule has 178 valence electrons. The number of nitrogens with zero attached hydrogens (tertiary/aromatic N) is 2. The van der Waals surface area contributed by atoms with E-state index in [9.17, 15) is 0 Å². The Morgan fingerprint density at radius 1 is 1.18 bits per heavy atom. The molecule has 0 aromatic heterocycles. The second-order valence-electron chi connectivity index (χ2n) is 8.46. The minimum atomic E-state index is 0.289. The molecule has 0 bridgehead atoms. The van der Waals surface area contributed by atoms with Crippen LogP contribution in [0.4, 0.5) is 5.69 Å². The molecule has 2 aromatic rings. The molecule has 3 rings (SSSR count). The standard InChI is InChI=1S/C28H38N2O2S/c1-6-17-32-25-15-13-23(14-16-25)27-21-33-28-12-10-9-11-26(28)30(27)18-24(29(7-2)8-3)20-31-19-22(4)5/h6,9-16,24,27H,1,4,7-8,17-21H2,2-3,5H3. The first-order valence-electron chi connectivity index (χ1n) is 11.9. The Balaban J connectivity index is 1.88. The number of hydrogen-bond acceptors (Lipinski definition) is 5. The Kier molecular flexibility index (Phi) is 9.92. The zero-order valence-electron chi connectivity index (χ0n) is 20.3. The van der Waals surface area contributed by atoms with Crippen LogP contribution in [0.2, 0.25) is 0 Å². The number of benzene rings is 2. The molecule has 33 heavy (non-hydrogen) atoms. The number of anilines is 1. The monoisotopic (exact) mass is 466 g/mol. The van der Waals surface area contributed by atoms with Crippen LogP contribution >= 0.6 is 11.8 Å². The van der Waals surface area contributed by atoms with Crippen molar-refractivity contribution < 1.29 is 9.47 Å². The molecule has 1 aliphatic rings. The first-order valence-corrected chi connectivity index (χ1v) is 12.8. The Morgan fingerprint density at radius 2 is 1.91 bits per heavy atom. The van der Waals surface area contributed by atoms with Gasteiger partial charge in [0.15, 0.2) is 0 Å². The van der Waals surface area contributed by atoms with Gasteiger partial charge in [0.2, 0.25) is 0 Å². The number of thioether (sulfide) groups is 1. The summed E-state index contributed by atoms with van der Waals surface area (Å²) in [7, 11) is 0. The Hall–Kier alpha value is -2.21. The van der Waals surface area contributed by atoms with Gasteiger partial charge in [-0.05, 0) is 49.8 Å². The smallest absolute Gasteiger partial charge is 0.119 e. The van der Waals surface area contributed by atoms with Crippen molar-refractivity contribution in [3.63, 3.8) is 0 Å². The third-order valence-corrected chi connectivity index (χ3v) is 7.11. The number of likely N-dealkylation sites (N-methyl/N-ethyl adjacent to an activating group) is 1. The van der Waals surface area contributed by atoms with E-state index in [-0.39, 0.29) is 6.04 Å². The molecule has 5 heteroatoms. The van der Waals surface area contributed by atoms with Crippen molar-refractivity contribution in [3.05, 3.63) is 78.9 Å². The molecule has 2 unspecified atom stereocenters. The van der Waals surface area contributed by atoms with E-state index in [0.29, 0.717) is 25.9 Å². The van der Waals surface area contributed by atoms with Gasteiger partial charge in [0, 0.05) is 17.2 Å². The lowest BCUT2D eigenvalue weighted by Crippen LogP contribution is -2.49. The van der Waals surface area contributed by atoms with Gasteiger partial charge in [-0.15, -0.1) is 11.8 Å². The maximum absolute atomic E-state index is 6.07. The predicted octanol–water partition coefficient (Wildman–Crippen LogP) is 6.21. The van der Waals surface area contributed by atoms with Crippen molar-refractivity contribution >= 4 is 17.4 Å². The lowest BCUT2D eigenvalue weighted by atomic mass is 10.0. The average Bonchev–Trinajstić information content (AvgIpc) is 2.83. The molecule has 0 N–H and O–H groups in total. The normalized spacial score (nSPS) is 16.4. The third kappa shape index (κ3) is 6.89. The molecule has 0 saturated heterocycles. The van der Waals surface area contributed by atoms with Gasteiger partial charge in [-0.2, -0.15) is 0 Å². The van der Waals surface area contributed by atoms with Gasteiger partial charge in [-0.3, -0.25) is 4.90 Å². The summed E-state index contributed by atoms with van der Waals surface area (Å²) in [5.41, 5.74) is 3.68. The van der Waals surface area contributed by atoms with E-state index in [1.807, 2.05) is 18.7 Å². The summed E-state index contributed by atoms with van der Waals surface area (Å²) >= 11 is 1.94. The fourth-order valence-corrected chi connectivity index (χ4v) is 5.51. The summed E-state index contributed by atoms with van der Waals surface area (Å²) in [6, 6.07) is 17.9. The predicted molar refractivity (Wildman–Crippen MR) is 142 cm³/mol. The van der Waals surface area contributed by atoms with Crippen molar-refractivity contribution in [1.82, 2.24) is 4.90 Å². The van der Waals surface area contributed by atoms with Crippen LogP contribution in [-0.2, 0) is 4.74 Å². The van der Waals surface area contributed by atoms with Gasteiger partial charge < -0.3 is 14.4 Å². The average molecular weight is 467 g/mol. The summed E-state index contributed by atoms with van der Waals surface area (Å²) in [5, 5.41) is 0. The SMILES string of the molecule is C=CCOc1ccc(C2CSc3ccccc3N2CC(COCC(=C)C)N(CC)CC)cc1. The van der Waals surface area contributed by atoms with E-state index in [0.717, 1.165) is 36.7 Å². The van der Waals surface area contributed by atoms with Crippen LogP contribution in [0.15, 0.2) is 78.2 Å². The molecule has 0 radical (unpaired) electrons. The molecule has 0 fully saturated rings. The topological polar surface area (TPSA) is 24.9 Å². The summed E-state index contributed by atoms with van der Waals surface area (Å²) in [6.45, 7) is 18.9. The molecule has 1 aliphatic heterocycles. The Morgan fingerprint density at radius 3 is 2.58 bits per heavy atom. The highest BCUT2D eigenvalue weighted by molar-refractivity contribution is 7.99. The molecule has 0 aliphatic carbocycles. The van der Waals surface area contributed by atoms with Crippen LogP contribution in [0.5, 0.6) is 5.75 Å². The molecule has 0 amide bonds. The van der Waals surface area contributed by atoms with Crippen molar-refractivity contribution in [2.45, 2.75) is 37.8 Å². The van der Waals surface area contributed by atoms with Crippen LogP contribution in [-0.4, -0.2) is 56.1 Å². The maximum atomic E-state index is 6.07. The van der Waals surface area contributed by atoms with Crippen LogP contribution in [0.1, 0.15) is 32.4 Å². The van der Waals surface area contributed by atoms with Gasteiger partial charge in [0.25, 0.3) is 0 Å². The number of fused-ring (bicyclic) bond motifs is 1. The van der Waals surface area contributed by atoms with Crippen LogP contribution in [0.3, 0.4) is 0 Å². The fraction of sp³-hybridized carbons (Fsp3) is 0.429. The third-order valence-electron chi connectivity index (χ3n) is 5.98. The largest absolute Gasteiger partial charge is 0.490 e. The number of rotatable bonds is 13. The zero-order valence-corrected chi connectivity index (χ0v) is 21.2. The first kappa shape index (κ1) is 25.4. The maximum Gasteiger partial charge on any atom is 0.119 e. The minimum absolute atomic E-state index is 0.289. The number of para-hydroxylation sites is 1. The van der Waals surface area contributed by atoms with E-state index in [1.54, 1.807) is 6.08 Å². The Bertz CT molecular complexity index is 895. The fourth-order valence-electron chi connectivity index (χ4n) is 4.30. The highest BCUT2D eigenvalue weighted by Crippen LogP contribution is 2.43. The second-order valence-corrected chi connectivity index (χ2v) is 9.52.